The third kappa shape index (κ3) is 1.91. The Morgan fingerprint density at radius 1 is 1.58 bits per heavy atom. The highest BCUT2D eigenvalue weighted by Crippen LogP contribution is 2.32. The molecule has 1 aromatic rings. The highest BCUT2D eigenvalue weighted by Gasteiger charge is 2.40. The molecule has 0 amide bonds. The van der Waals surface area contributed by atoms with Crippen LogP contribution in [0.15, 0.2) is 4.79 Å². The van der Waals surface area contributed by atoms with E-state index in [0.29, 0.717) is 24.6 Å². The summed E-state index contributed by atoms with van der Waals surface area (Å²) in [5.74, 6) is 0.423. The Morgan fingerprint density at radius 3 is 3.05 bits per heavy atom. The molecule has 3 atom stereocenters. The molecule has 104 valence electrons. The lowest BCUT2D eigenvalue weighted by Crippen LogP contribution is -2.36. The predicted octanol–water partition coefficient (Wildman–Crippen LogP) is -1.99. The number of nitrogens with zero attached hydrogens (tertiary/aromatic N) is 2. The first-order valence-electron chi connectivity index (χ1n) is 5.95. The standard InChI is InChI=1S/C10H15N5O4/c11-10-13-8-7(9(18)14-10)12-3-15(8)6-1-4(17)5(2-16)19-6/h4-6,12,16-17H,1-3H2,(H3,11,13,14,18)/t4-,5?,6-/m1/s1. The van der Waals surface area contributed by atoms with Crippen molar-refractivity contribution in [2.75, 3.05) is 29.2 Å². The summed E-state index contributed by atoms with van der Waals surface area (Å²) in [7, 11) is 0. The van der Waals surface area contributed by atoms with Crippen molar-refractivity contribution in [1.82, 2.24) is 9.97 Å². The van der Waals surface area contributed by atoms with E-state index in [9.17, 15) is 9.90 Å². The van der Waals surface area contributed by atoms with Crippen molar-refractivity contribution < 1.29 is 14.9 Å². The van der Waals surface area contributed by atoms with Gasteiger partial charge in [-0.3, -0.25) is 9.78 Å². The highest BCUT2D eigenvalue weighted by molar-refractivity contribution is 5.71. The van der Waals surface area contributed by atoms with Crippen molar-refractivity contribution in [3.8, 4) is 0 Å². The maximum atomic E-state index is 11.7. The van der Waals surface area contributed by atoms with Crippen LogP contribution in [0, 0.1) is 0 Å². The molecule has 1 fully saturated rings. The van der Waals surface area contributed by atoms with Crippen molar-refractivity contribution in [2.45, 2.75) is 24.9 Å². The lowest BCUT2D eigenvalue weighted by Gasteiger charge is -2.24. The molecule has 0 radical (unpaired) electrons. The van der Waals surface area contributed by atoms with Gasteiger partial charge in [0.15, 0.2) is 5.82 Å². The van der Waals surface area contributed by atoms with Gasteiger partial charge in [0, 0.05) is 6.42 Å². The topological polar surface area (TPSA) is 137 Å². The summed E-state index contributed by atoms with van der Waals surface area (Å²) in [6, 6.07) is 0. The van der Waals surface area contributed by atoms with E-state index < -0.39 is 18.4 Å². The van der Waals surface area contributed by atoms with Crippen LogP contribution in [0.1, 0.15) is 6.42 Å². The number of hydrogen-bond acceptors (Lipinski definition) is 8. The number of aromatic nitrogens is 2. The van der Waals surface area contributed by atoms with Gasteiger partial charge in [0.2, 0.25) is 5.95 Å². The summed E-state index contributed by atoms with van der Waals surface area (Å²) < 4.78 is 5.54. The first-order valence-corrected chi connectivity index (χ1v) is 5.95. The number of H-pyrrole nitrogens is 1. The van der Waals surface area contributed by atoms with E-state index >= 15 is 0 Å². The van der Waals surface area contributed by atoms with Crippen LogP contribution in [0.3, 0.4) is 0 Å². The van der Waals surface area contributed by atoms with Gasteiger partial charge in [-0.05, 0) is 0 Å². The molecule has 9 nitrogen and oxygen atoms in total. The lowest BCUT2D eigenvalue weighted by atomic mass is 10.2. The summed E-state index contributed by atoms with van der Waals surface area (Å²) >= 11 is 0. The molecule has 2 aliphatic heterocycles. The van der Waals surface area contributed by atoms with Crippen LogP contribution in [-0.4, -0.2) is 51.9 Å². The van der Waals surface area contributed by atoms with E-state index in [1.807, 2.05) is 0 Å². The first kappa shape index (κ1) is 12.2. The van der Waals surface area contributed by atoms with Gasteiger partial charge >= 0.3 is 0 Å². The Balaban J connectivity index is 1.89. The molecule has 0 bridgehead atoms. The molecule has 3 heterocycles. The maximum absolute atomic E-state index is 11.7. The molecule has 2 aliphatic rings. The molecule has 0 aliphatic carbocycles. The summed E-state index contributed by atoms with van der Waals surface area (Å²) in [5.41, 5.74) is 5.51. The Labute approximate surface area is 108 Å². The van der Waals surface area contributed by atoms with Gasteiger partial charge in [-0.25, -0.2) is 0 Å². The Bertz CT molecular complexity index is 547. The van der Waals surface area contributed by atoms with Crippen molar-refractivity contribution in [2.24, 2.45) is 0 Å². The molecule has 0 spiro atoms. The van der Waals surface area contributed by atoms with Crippen LogP contribution in [0.4, 0.5) is 17.5 Å². The summed E-state index contributed by atoms with van der Waals surface area (Å²) in [6.45, 7) is 0.0845. The van der Waals surface area contributed by atoms with Gasteiger partial charge in [0.25, 0.3) is 5.56 Å². The summed E-state index contributed by atoms with van der Waals surface area (Å²) in [5, 5.41) is 21.7. The van der Waals surface area contributed by atoms with Crippen molar-refractivity contribution in [3.63, 3.8) is 0 Å². The largest absolute Gasteiger partial charge is 0.394 e. The van der Waals surface area contributed by atoms with Gasteiger partial charge in [-0.1, -0.05) is 0 Å². The number of hydrogen-bond donors (Lipinski definition) is 5. The average Bonchev–Trinajstić information content (AvgIpc) is 2.92. The fourth-order valence-electron chi connectivity index (χ4n) is 2.39. The molecule has 0 aromatic carbocycles. The molecule has 19 heavy (non-hydrogen) atoms. The second-order valence-corrected chi connectivity index (χ2v) is 4.57. The smallest absolute Gasteiger partial charge is 0.277 e. The molecule has 6 N–H and O–H groups in total. The van der Waals surface area contributed by atoms with E-state index in [-0.39, 0.29) is 18.1 Å². The van der Waals surface area contributed by atoms with Gasteiger partial charge in [-0.2, -0.15) is 4.98 Å². The highest BCUT2D eigenvalue weighted by atomic mass is 16.5. The van der Waals surface area contributed by atoms with E-state index in [4.69, 9.17) is 15.6 Å². The van der Waals surface area contributed by atoms with Gasteiger partial charge in [0.05, 0.1) is 19.4 Å². The predicted molar refractivity (Wildman–Crippen MR) is 66.6 cm³/mol. The van der Waals surface area contributed by atoms with E-state index in [2.05, 4.69) is 15.3 Å². The maximum Gasteiger partial charge on any atom is 0.277 e. The van der Waals surface area contributed by atoms with Crippen LogP contribution < -0.4 is 21.5 Å². The molecule has 1 unspecified atom stereocenters. The zero-order chi connectivity index (χ0) is 13.6. The minimum absolute atomic E-state index is 0.0229. The Kier molecular flexibility index (Phi) is 2.81. The van der Waals surface area contributed by atoms with Crippen LogP contribution in [0.2, 0.25) is 0 Å². The van der Waals surface area contributed by atoms with Crippen LogP contribution in [-0.2, 0) is 4.74 Å². The quantitative estimate of drug-likeness (QED) is 0.416. The number of anilines is 3. The first-order chi connectivity index (χ1) is 9.10. The van der Waals surface area contributed by atoms with Gasteiger partial charge in [0.1, 0.15) is 18.0 Å². The number of nitrogens with two attached hydrogens (primary N) is 1. The summed E-state index contributed by atoms with van der Waals surface area (Å²) in [4.78, 5) is 19.9. The second kappa shape index (κ2) is 4.37. The fraction of sp³-hybridized carbons (Fsp3) is 0.600. The Hall–Kier alpha value is -1.84. The van der Waals surface area contributed by atoms with Crippen LogP contribution >= 0.6 is 0 Å². The number of nitrogens with one attached hydrogen (secondary N) is 2. The van der Waals surface area contributed by atoms with Crippen molar-refractivity contribution in [3.05, 3.63) is 10.4 Å². The third-order valence-corrected chi connectivity index (χ3v) is 3.35. The Morgan fingerprint density at radius 2 is 2.37 bits per heavy atom. The number of nitrogen functional groups attached to an aromatic ring is 1. The molecule has 9 heteroatoms. The average molecular weight is 269 g/mol. The fourth-order valence-corrected chi connectivity index (χ4v) is 2.39. The van der Waals surface area contributed by atoms with E-state index in [0.717, 1.165) is 0 Å². The zero-order valence-corrected chi connectivity index (χ0v) is 10.0. The molecule has 3 rings (SSSR count). The van der Waals surface area contributed by atoms with E-state index in [1.54, 1.807) is 4.90 Å². The SMILES string of the molecule is Nc1nc2c(c(=O)[nH]1)NCN2[C@H]1C[C@@H](O)C(CO)O1. The van der Waals surface area contributed by atoms with Crippen molar-refractivity contribution >= 4 is 17.5 Å². The third-order valence-electron chi connectivity index (χ3n) is 3.35. The van der Waals surface area contributed by atoms with E-state index in [1.165, 1.54) is 0 Å². The minimum Gasteiger partial charge on any atom is -0.394 e. The number of fused-ring (bicyclic) bond motifs is 1. The molecular formula is C10H15N5O4. The number of aliphatic hydroxyl groups is 2. The molecule has 0 saturated carbocycles. The molecule has 1 aromatic heterocycles. The summed E-state index contributed by atoms with van der Waals surface area (Å²) in [6.07, 6.45) is -1.47. The number of rotatable bonds is 2. The zero-order valence-electron chi connectivity index (χ0n) is 10.0. The van der Waals surface area contributed by atoms with Crippen LogP contribution in [0.25, 0.3) is 0 Å². The van der Waals surface area contributed by atoms with Crippen LogP contribution in [0.5, 0.6) is 0 Å². The number of aromatic amines is 1. The minimum atomic E-state index is -0.738. The second-order valence-electron chi connectivity index (χ2n) is 4.57. The van der Waals surface area contributed by atoms with Gasteiger partial charge < -0.3 is 30.9 Å². The molecular weight excluding hydrogens is 254 g/mol. The number of aliphatic hydroxyl groups excluding tert-OH is 2. The lowest BCUT2D eigenvalue weighted by molar-refractivity contribution is -0.0218. The van der Waals surface area contributed by atoms with Gasteiger partial charge in [-0.15, -0.1) is 0 Å². The van der Waals surface area contributed by atoms with Crippen molar-refractivity contribution in [1.29, 1.82) is 0 Å². The molecule has 1 saturated heterocycles. The normalized spacial score (nSPS) is 29.4. The number of ether oxygens (including phenoxy) is 1. The monoisotopic (exact) mass is 269 g/mol.